The molecule has 5 aromatic carbocycles. The van der Waals surface area contributed by atoms with Crippen LogP contribution in [0.25, 0.3) is 42.0 Å². The number of benzene rings is 5. The third-order valence-electron chi connectivity index (χ3n) is 17.7. The lowest BCUT2D eigenvalue weighted by Gasteiger charge is -2.17. The number of aromatic amines is 1. The van der Waals surface area contributed by atoms with Gasteiger partial charge >= 0.3 is 0 Å². The number of H-pyrrole nitrogens is 1. The Morgan fingerprint density at radius 3 is 1.21 bits per heavy atom. The van der Waals surface area contributed by atoms with Gasteiger partial charge in [-0.1, -0.05) is 212 Å². The van der Waals surface area contributed by atoms with Gasteiger partial charge in [-0.2, -0.15) is 0 Å². The van der Waals surface area contributed by atoms with Crippen molar-refractivity contribution in [1.29, 1.82) is 0 Å². The van der Waals surface area contributed by atoms with E-state index in [4.69, 9.17) is 14.5 Å². The van der Waals surface area contributed by atoms with Crippen LogP contribution in [0.2, 0.25) is 0 Å². The van der Waals surface area contributed by atoms with E-state index in [0.717, 1.165) is 138 Å². The highest BCUT2D eigenvalue weighted by Crippen LogP contribution is 2.43. The first kappa shape index (κ1) is 73.0. The van der Waals surface area contributed by atoms with Crippen LogP contribution in [0, 0.1) is 23.7 Å². The van der Waals surface area contributed by atoms with Crippen LogP contribution < -0.4 is 29.1 Å². The second kappa shape index (κ2) is 38.6. The molecule has 0 atom stereocenters. The van der Waals surface area contributed by atoms with Crippen molar-refractivity contribution in [3.63, 3.8) is 0 Å². The van der Waals surface area contributed by atoms with E-state index in [1.165, 1.54) is 77.0 Å². The monoisotopic (exact) mass is 1310 g/mol. The summed E-state index contributed by atoms with van der Waals surface area (Å²) in [6.45, 7) is 5.70. The van der Waals surface area contributed by atoms with E-state index >= 15 is 0 Å². The zero-order chi connectivity index (χ0) is 69.6. The molecule has 10 nitrogen and oxygen atoms in total. The molecule has 0 fully saturated rings. The Bertz CT molecular complexity index is 4160. The summed E-state index contributed by atoms with van der Waals surface area (Å²) < 4.78 is 14.0. The molecule has 0 bridgehead atoms. The number of aromatic nitrogens is 3. The van der Waals surface area contributed by atoms with E-state index < -0.39 is 0 Å². The van der Waals surface area contributed by atoms with Crippen molar-refractivity contribution in [2.24, 2.45) is 4.99 Å². The van der Waals surface area contributed by atoms with Crippen LogP contribution >= 0.6 is 0 Å². The van der Waals surface area contributed by atoms with Crippen LogP contribution in [0.1, 0.15) is 178 Å². The molecule has 1 aliphatic rings. The van der Waals surface area contributed by atoms with Gasteiger partial charge in [0.15, 0.2) is 0 Å². The molecule has 8 aromatic rings. The molecule has 0 saturated carbocycles. The smallest absolute Gasteiger partial charge is 0.123 e. The van der Waals surface area contributed by atoms with Gasteiger partial charge in [0.1, 0.15) is 11.5 Å². The molecule has 0 saturated heterocycles. The molecular weight excluding hydrogens is 1210 g/mol. The predicted molar refractivity (Wildman–Crippen MR) is 424 cm³/mol. The van der Waals surface area contributed by atoms with E-state index in [1.807, 2.05) is 24.3 Å². The summed E-state index contributed by atoms with van der Waals surface area (Å²) in [6.07, 6.45) is 43.7. The van der Waals surface area contributed by atoms with Crippen LogP contribution in [0.5, 0.6) is 11.5 Å². The van der Waals surface area contributed by atoms with Gasteiger partial charge in [0.05, 0.1) is 47.1 Å². The third kappa shape index (κ3) is 22.4. The van der Waals surface area contributed by atoms with Gasteiger partial charge in [0.25, 0.3) is 0 Å². The number of pyridine rings is 2. The molecule has 9 rings (SSSR count). The van der Waals surface area contributed by atoms with Gasteiger partial charge in [-0.3, -0.25) is 9.97 Å². The number of rotatable bonds is 34. The number of anilines is 4. The number of nitrogens with zero attached hydrogens (tertiary/aromatic N) is 7. The maximum atomic E-state index is 6.98. The van der Waals surface area contributed by atoms with Crippen molar-refractivity contribution in [3.8, 4) is 35.2 Å². The van der Waals surface area contributed by atoms with E-state index in [0.29, 0.717) is 24.6 Å². The first-order valence-electron chi connectivity index (χ1n) is 35.8. The van der Waals surface area contributed by atoms with Gasteiger partial charge < -0.3 is 34.1 Å². The van der Waals surface area contributed by atoms with E-state index in [1.54, 1.807) is 24.8 Å². The molecule has 10 heteroatoms. The van der Waals surface area contributed by atoms with Crippen LogP contribution in [0.15, 0.2) is 198 Å². The fourth-order valence-corrected chi connectivity index (χ4v) is 11.8. The van der Waals surface area contributed by atoms with Gasteiger partial charge in [0.2, 0.25) is 0 Å². The Balaban J connectivity index is 1.37. The molecule has 0 amide bonds. The van der Waals surface area contributed by atoms with Crippen molar-refractivity contribution in [2.45, 2.75) is 117 Å². The van der Waals surface area contributed by atoms with Gasteiger partial charge in [-0.15, -0.1) is 0 Å². The van der Waals surface area contributed by atoms with Crippen LogP contribution in [0.4, 0.5) is 22.7 Å². The minimum absolute atomic E-state index is 0.571. The molecule has 0 aliphatic carbocycles. The molecule has 0 spiro atoms. The van der Waals surface area contributed by atoms with Crippen LogP contribution in [0.3, 0.4) is 0 Å². The van der Waals surface area contributed by atoms with E-state index in [2.05, 4.69) is 292 Å². The molecule has 1 aliphatic heterocycles. The van der Waals surface area contributed by atoms with Crippen molar-refractivity contribution in [2.75, 3.05) is 89.2 Å². The Morgan fingerprint density at radius 2 is 0.788 bits per heavy atom. The minimum Gasteiger partial charge on any atom is -0.493 e. The molecule has 0 radical (unpaired) electrons. The number of hydrogen-bond acceptors (Lipinski definition) is 9. The lowest BCUT2D eigenvalue weighted by Crippen LogP contribution is -2.07. The highest BCUT2D eigenvalue weighted by Gasteiger charge is 2.29. The predicted octanol–water partition coefficient (Wildman–Crippen LogP) is 20.8. The lowest BCUT2D eigenvalue weighted by atomic mass is 9.91. The molecule has 4 heterocycles. The second-order valence-corrected chi connectivity index (χ2v) is 26.3. The quantitative estimate of drug-likeness (QED) is 0.0315. The number of allylic oxidation sites excluding steroid dienone is 3. The number of ether oxygens (including phenoxy) is 2. The molecule has 99 heavy (non-hydrogen) atoms. The molecular formula is C89H102N8O2. The Morgan fingerprint density at radius 1 is 0.404 bits per heavy atom. The average molecular weight is 1320 g/mol. The van der Waals surface area contributed by atoms with Crippen LogP contribution in [-0.2, 0) is 0 Å². The normalized spacial score (nSPS) is 12.7. The summed E-state index contributed by atoms with van der Waals surface area (Å²) in [5.41, 5.74) is 18.2. The maximum Gasteiger partial charge on any atom is 0.123 e. The lowest BCUT2D eigenvalue weighted by molar-refractivity contribution is 0.289. The number of nitrogens with one attached hydrogen (secondary N) is 1. The fraction of sp³-hybridized carbons (Fsp3) is 0.315. The standard InChI is InChI=1S/C89H102N8O2/c1-11-13-15-17-19-21-23-25-63-98-79-65-74(66-80(67-79)99-64-26-24-22-20-18-16-14-12-2)87(88-83(51-37-68-27-41-75(42-28-68)94(3)4)81(49-35-72-55-59-90-60-56-72)85(92-88)53-39-70-31-45-77(46-32-70)96(7)8)89-84(52-38-69-29-43-76(44-30-69)95(5)6)82(50-36-73-57-61-91-62-58-73)86(93-89)54-40-71-33-47-78(48-34-71)97(9)10/h27-34,37-48,51-62,65-67,92H,11-26,63-64H2,1-10H3/b51-37+,52-38+,53-39+,54-40+,89-87-. The fourth-order valence-electron chi connectivity index (χ4n) is 11.8. The summed E-state index contributed by atoms with van der Waals surface area (Å²) in [7, 11) is 16.5. The van der Waals surface area contributed by atoms with Crippen molar-refractivity contribution in [3.05, 3.63) is 255 Å². The highest BCUT2D eigenvalue weighted by atomic mass is 16.5. The van der Waals surface area contributed by atoms with Gasteiger partial charge in [-0.05, 0) is 138 Å². The SMILES string of the molecule is CCCCCCCCCCOc1cc(OCCCCCCCCCC)cc(/C(=C2N=C(/C=C/c3ccc(N(C)C)cc3)C(C#Cc3ccncc3)=C/2/C=C/c2ccc(N(C)C)cc2)c2[nH]c(/C=C/c3ccc(N(C)C)cc3)c(C#Cc3ccncc3)c2/C=C/c2ccc(N(C)C)cc2)c1. The Kier molecular flexibility index (Phi) is 28.4. The van der Waals surface area contributed by atoms with E-state index in [-0.39, 0.29) is 0 Å². The first-order valence-corrected chi connectivity index (χ1v) is 35.8. The summed E-state index contributed by atoms with van der Waals surface area (Å²) in [6, 6.07) is 48.7. The number of aliphatic imine (C=N–C) groups is 1. The highest BCUT2D eigenvalue weighted by molar-refractivity contribution is 6.18. The van der Waals surface area contributed by atoms with Crippen LogP contribution in [-0.4, -0.2) is 90.3 Å². The Hall–Kier alpha value is -10.3. The van der Waals surface area contributed by atoms with Gasteiger partial charge in [-0.25, -0.2) is 4.99 Å². The average Bonchev–Trinajstić information content (AvgIpc) is 1.62. The third-order valence-corrected chi connectivity index (χ3v) is 17.7. The zero-order valence-corrected chi connectivity index (χ0v) is 60.4. The first-order chi connectivity index (χ1) is 48.3. The molecule has 510 valence electrons. The summed E-state index contributed by atoms with van der Waals surface area (Å²) in [5, 5.41) is 0. The molecule has 1 N–H and O–H groups in total. The minimum atomic E-state index is 0.571. The zero-order valence-electron chi connectivity index (χ0n) is 60.4. The van der Waals surface area contributed by atoms with Gasteiger partial charge in [0, 0.05) is 138 Å². The largest absolute Gasteiger partial charge is 0.493 e. The van der Waals surface area contributed by atoms with Crippen molar-refractivity contribution >= 4 is 70.5 Å². The number of hydrogen-bond donors (Lipinski definition) is 1. The Labute approximate surface area is 592 Å². The van der Waals surface area contributed by atoms with Crippen molar-refractivity contribution < 1.29 is 9.47 Å². The summed E-state index contributed by atoms with van der Waals surface area (Å²) >= 11 is 0. The topological polar surface area (TPSA) is 85.3 Å². The summed E-state index contributed by atoms with van der Waals surface area (Å²) in [5.74, 6) is 16.1. The maximum absolute atomic E-state index is 6.98. The van der Waals surface area contributed by atoms with E-state index in [9.17, 15) is 0 Å². The molecule has 3 aromatic heterocycles. The van der Waals surface area contributed by atoms with Crippen molar-refractivity contribution in [1.82, 2.24) is 15.0 Å². The number of unbranched alkanes of at least 4 members (excludes halogenated alkanes) is 14. The second-order valence-electron chi connectivity index (χ2n) is 26.3. The molecule has 0 unspecified atom stereocenters. The summed E-state index contributed by atoms with van der Waals surface area (Å²) in [4.78, 5) is 27.2.